The van der Waals surface area contributed by atoms with Crippen molar-refractivity contribution in [2.45, 2.75) is 186 Å². The second-order valence-electron chi connectivity index (χ2n) is 21.2. The van der Waals surface area contributed by atoms with Crippen molar-refractivity contribution in [3.05, 3.63) is 47.6 Å². The third kappa shape index (κ3) is 19.9. The number of alkyl halides is 3. The lowest BCUT2D eigenvalue weighted by Crippen LogP contribution is -2.61. The quantitative estimate of drug-likeness (QED) is 0.0659. The average Bonchev–Trinajstić information content (AvgIpc) is 3.38. The molecule has 3 heterocycles. The smallest absolute Gasteiger partial charge is 0.460 e. The molecule has 4 aliphatic rings. The number of methoxy groups -OCH3 is 2. The van der Waals surface area contributed by atoms with Crippen LogP contribution >= 0.6 is 0 Å². The molecule has 0 unspecified atom stereocenters. The molecule has 3 aliphatic heterocycles. The molecule has 17 nitrogen and oxygen atoms in total. The molecule has 432 valence electrons. The summed E-state index contributed by atoms with van der Waals surface area (Å²) in [5.41, 5.74) is 1.04. The fraction of sp³-hybridized carbons (Fsp3) is 0.768. The summed E-state index contributed by atoms with van der Waals surface area (Å²) in [7, 11) is 2.94. The normalized spacial score (nSPS) is 35.6. The highest BCUT2D eigenvalue weighted by molar-refractivity contribution is 6.39. The zero-order chi connectivity index (χ0) is 56.2. The molecule has 0 aromatic rings. The van der Waals surface area contributed by atoms with E-state index in [-0.39, 0.29) is 113 Å². The van der Waals surface area contributed by atoms with Gasteiger partial charge in [0.2, 0.25) is 5.79 Å². The number of allylic oxidation sites excluding steroid dienone is 6. The van der Waals surface area contributed by atoms with Crippen LogP contribution in [0.1, 0.15) is 125 Å². The minimum atomic E-state index is -4.79. The number of hydrogen-bond acceptors (Lipinski definition) is 16. The zero-order valence-electron chi connectivity index (χ0n) is 45.8. The van der Waals surface area contributed by atoms with Gasteiger partial charge in [0.1, 0.15) is 30.1 Å². The Bertz CT molecular complexity index is 1990. The van der Waals surface area contributed by atoms with Crippen LogP contribution < -0.4 is 0 Å². The number of amides is 1. The van der Waals surface area contributed by atoms with E-state index in [4.69, 9.17) is 33.2 Å². The first-order valence-electron chi connectivity index (χ1n) is 27.1. The van der Waals surface area contributed by atoms with Crippen molar-refractivity contribution in [3.63, 3.8) is 0 Å². The molecule has 14 atom stereocenters. The predicted molar refractivity (Wildman–Crippen MR) is 273 cm³/mol. The van der Waals surface area contributed by atoms with Gasteiger partial charge in [-0.15, -0.1) is 13.2 Å². The molecule has 2 bridgehead atoms. The summed E-state index contributed by atoms with van der Waals surface area (Å²) in [4.78, 5) is 72.2. The highest BCUT2D eigenvalue weighted by Gasteiger charge is 2.53. The van der Waals surface area contributed by atoms with Crippen molar-refractivity contribution in [3.8, 4) is 0 Å². The van der Waals surface area contributed by atoms with Crippen LogP contribution in [-0.2, 0) is 61.9 Å². The van der Waals surface area contributed by atoms with Crippen LogP contribution in [0.5, 0.6) is 0 Å². The first-order chi connectivity index (χ1) is 36.0. The lowest BCUT2D eigenvalue weighted by atomic mass is 9.78. The SMILES string of the molecule is CO[C@@H]1C[C@H](C[C@@H](C)[C@@H]2CC(=O)[C@H](C)/C=C(\C)[C@@H](O)[C@@H](OC)C(=O)CC[C@H](C)/C=C/C=C/C=C(\C)[C@H](OCCOCCOC(F)(F)F)C[C@@H]3CC[C@@H](C)[C@@](O)(O3)C(=O)C(=O)N3CCCC[C@H]3C(=O)O2)CC[C@H]1OCCO. The minimum absolute atomic E-state index is 0.0116. The summed E-state index contributed by atoms with van der Waals surface area (Å²) in [5.74, 6) is -8.32. The topological polar surface area (TPSA) is 223 Å². The van der Waals surface area contributed by atoms with Crippen molar-refractivity contribution < 1.29 is 90.4 Å². The van der Waals surface area contributed by atoms with Gasteiger partial charge < -0.3 is 53.4 Å². The lowest BCUT2D eigenvalue weighted by molar-refractivity contribution is -0.327. The molecule has 1 aliphatic carbocycles. The number of carbonyl (C=O) groups excluding carboxylic acids is 5. The Morgan fingerprint density at radius 1 is 0.829 bits per heavy atom. The largest absolute Gasteiger partial charge is 0.522 e. The first-order valence-corrected chi connectivity index (χ1v) is 27.1. The predicted octanol–water partition coefficient (Wildman–Crippen LogP) is 6.87. The van der Waals surface area contributed by atoms with Crippen LogP contribution in [0.2, 0.25) is 0 Å². The van der Waals surface area contributed by atoms with Crippen LogP contribution in [-0.4, -0.2) is 171 Å². The van der Waals surface area contributed by atoms with Crippen molar-refractivity contribution in [1.29, 1.82) is 0 Å². The maximum atomic E-state index is 14.5. The van der Waals surface area contributed by atoms with Crippen LogP contribution in [0.3, 0.4) is 0 Å². The van der Waals surface area contributed by atoms with E-state index in [0.717, 1.165) is 11.3 Å². The van der Waals surface area contributed by atoms with Crippen LogP contribution in [0.15, 0.2) is 47.6 Å². The average molecular weight is 1090 g/mol. The van der Waals surface area contributed by atoms with E-state index < -0.39 is 84.8 Å². The van der Waals surface area contributed by atoms with Crippen LogP contribution in [0, 0.1) is 29.6 Å². The molecule has 2 saturated heterocycles. The summed E-state index contributed by atoms with van der Waals surface area (Å²) in [6, 6.07) is -1.22. The summed E-state index contributed by atoms with van der Waals surface area (Å²) in [6.45, 7) is 9.42. The Balaban J connectivity index is 1.67. The molecule has 4 rings (SSSR count). The Hall–Kier alpha value is -3.70. The third-order valence-electron chi connectivity index (χ3n) is 15.3. The number of Topliss-reactive ketones (excluding diaryl/α,β-unsaturated/α-hetero) is 3. The Kier molecular flexibility index (Phi) is 27.1. The molecule has 3 N–H and O–H groups in total. The van der Waals surface area contributed by atoms with Crippen molar-refractivity contribution >= 4 is 29.2 Å². The standard InChI is InChI=1S/C56H86F3NO16/c1-35-14-10-9-11-15-36(2)47(73-28-26-71-27-29-74-56(57,58)59)33-42-20-18-40(6)55(68,76-42)52(65)53(66)60-23-13-12-16-43(60)54(67)75-48(38(4)31-41-19-22-46(72-25-24-61)49(32-41)69-7)34-45(63)37(3)30-39(5)50(64)51(70-8)44(62)21-17-35/h9-11,14-15,30,35,37-38,40-43,46-51,61,64,68H,12-13,16-29,31-34H2,1-8H3/b11-9+,14-10+,36-15+,39-30+/t35-,37-,38-,40-,41+,42+,43+,46-,47-,48+,49-,50-,51+,55-/m1/s1. The molecule has 20 heteroatoms. The Labute approximate surface area is 446 Å². The number of piperidine rings is 1. The van der Waals surface area contributed by atoms with Crippen LogP contribution in [0.25, 0.3) is 0 Å². The Morgan fingerprint density at radius 2 is 1.57 bits per heavy atom. The molecule has 0 aromatic carbocycles. The molecule has 1 saturated carbocycles. The van der Waals surface area contributed by atoms with Crippen molar-refractivity contribution in [2.24, 2.45) is 29.6 Å². The van der Waals surface area contributed by atoms with Crippen molar-refractivity contribution in [2.75, 3.05) is 60.4 Å². The number of fused-ring (bicyclic) bond motifs is 3. The molecule has 0 aromatic heterocycles. The van der Waals surface area contributed by atoms with E-state index in [0.29, 0.717) is 56.1 Å². The number of nitrogens with zero attached hydrogens (tertiary/aromatic N) is 1. The number of cyclic esters (lactones) is 1. The zero-order valence-corrected chi connectivity index (χ0v) is 45.8. The van der Waals surface area contributed by atoms with E-state index in [1.54, 1.807) is 59.1 Å². The van der Waals surface area contributed by atoms with Gasteiger partial charge in [0, 0.05) is 51.9 Å². The number of rotatable bonds is 15. The maximum Gasteiger partial charge on any atom is 0.522 e. The first kappa shape index (κ1) is 64.8. The van der Waals surface area contributed by atoms with E-state index in [9.17, 15) is 52.5 Å². The number of carbonyl (C=O) groups is 5. The number of aliphatic hydroxyl groups excluding tert-OH is 2. The van der Waals surface area contributed by atoms with Gasteiger partial charge in [-0.2, -0.15) is 0 Å². The molecular formula is C56H86F3NO16. The maximum absolute atomic E-state index is 14.5. The summed E-state index contributed by atoms with van der Waals surface area (Å²) in [6.07, 6.45) is 5.19. The number of esters is 1. The fourth-order valence-corrected chi connectivity index (χ4v) is 10.6. The van der Waals surface area contributed by atoms with E-state index in [1.807, 2.05) is 26.0 Å². The number of ether oxygens (including phenoxy) is 8. The molecule has 3 fully saturated rings. The van der Waals surface area contributed by atoms with Gasteiger partial charge >= 0.3 is 12.3 Å². The lowest BCUT2D eigenvalue weighted by Gasteiger charge is -2.43. The number of hydrogen-bond donors (Lipinski definition) is 3. The molecule has 1 amide bonds. The van der Waals surface area contributed by atoms with Crippen molar-refractivity contribution in [1.82, 2.24) is 4.90 Å². The highest BCUT2D eigenvalue weighted by atomic mass is 19.4. The van der Waals surface area contributed by atoms with Gasteiger partial charge in [-0.1, -0.05) is 64.2 Å². The highest BCUT2D eigenvalue weighted by Crippen LogP contribution is 2.38. The van der Waals surface area contributed by atoms with Gasteiger partial charge in [-0.3, -0.25) is 23.9 Å². The van der Waals surface area contributed by atoms with Gasteiger partial charge in [0.25, 0.3) is 11.7 Å². The minimum Gasteiger partial charge on any atom is -0.460 e. The molecule has 76 heavy (non-hydrogen) atoms. The number of ketones is 3. The van der Waals surface area contributed by atoms with E-state index in [2.05, 4.69) is 4.74 Å². The second kappa shape index (κ2) is 31.8. The van der Waals surface area contributed by atoms with Gasteiger partial charge in [0.15, 0.2) is 5.78 Å². The van der Waals surface area contributed by atoms with Gasteiger partial charge in [-0.05, 0) is 107 Å². The summed E-state index contributed by atoms with van der Waals surface area (Å²) < 4.78 is 82.3. The van der Waals surface area contributed by atoms with E-state index >= 15 is 0 Å². The second-order valence-corrected chi connectivity index (χ2v) is 21.2. The van der Waals surface area contributed by atoms with Crippen LogP contribution in [0.4, 0.5) is 13.2 Å². The van der Waals surface area contributed by atoms with Gasteiger partial charge in [-0.25, -0.2) is 4.79 Å². The fourth-order valence-electron chi connectivity index (χ4n) is 10.6. The van der Waals surface area contributed by atoms with E-state index in [1.165, 1.54) is 7.11 Å². The van der Waals surface area contributed by atoms with Gasteiger partial charge in [0.05, 0.1) is 64.1 Å². The molecule has 0 radical (unpaired) electrons. The monoisotopic (exact) mass is 1090 g/mol. The Morgan fingerprint density at radius 3 is 2.26 bits per heavy atom. The number of halogens is 3. The summed E-state index contributed by atoms with van der Waals surface area (Å²) in [5, 5.41) is 32.9. The molecule has 0 spiro atoms. The third-order valence-corrected chi connectivity index (χ3v) is 15.3. The number of aliphatic hydroxyl groups is 3. The molecular weight excluding hydrogens is 1000 g/mol. The summed E-state index contributed by atoms with van der Waals surface area (Å²) >= 11 is 0.